The first kappa shape index (κ1) is 10.9. The number of aliphatic hydroxyl groups excluding tert-OH is 1. The molecule has 0 saturated carbocycles. The zero-order chi connectivity index (χ0) is 10.7. The summed E-state index contributed by atoms with van der Waals surface area (Å²) in [5, 5.41) is 20.7. The minimum absolute atomic E-state index is 0.0177. The average molecular weight is 199 g/mol. The first-order chi connectivity index (χ1) is 6.52. The third kappa shape index (κ3) is 2.40. The Morgan fingerprint density at radius 3 is 2.57 bits per heavy atom. The second kappa shape index (κ2) is 4.34. The van der Waals surface area contributed by atoms with Crippen molar-refractivity contribution in [3.63, 3.8) is 0 Å². The summed E-state index contributed by atoms with van der Waals surface area (Å²) in [6.45, 7) is 1.93. The van der Waals surface area contributed by atoms with Crippen LogP contribution in [-0.4, -0.2) is 40.7 Å². The van der Waals surface area contributed by atoms with Crippen molar-refractivity contribution in [2.75, 3.05) is 6.54 Å². The van der Waals surface area contributed by atoms with Gasteiger partial charge in [-0.2, -0.15) is 0 Å². The maximum absolute atomic E-state index is 11.4. The Balaban J connectivity index is 2.66. The number of rotatable bonds is 3. The number of hydrogen-bond donors (Lipinski definition) is 3. The summed E-state index contributed by atoms with van der Waals surface area (Å²) in [4.78, 5) is 21.8. The number of ketones is 1. The number of carboxylic acid groups (broad SMARTS) is 1. The molecule has 2 atom stereocenters. The van der Waals surface area contributed by atoms with Crippen molar-refractivity contribution in [3.8, 4) is 0 Å². The SMILES string of the molecule is CC(=CC(=O)[C@H]1NCCC1O)C(=O)O. The summed E-state index contributed by atoms with van der Waals surface area (Å²) in [5.41, 5.74) is -0.0177. The van der Waals surface area contributed by atoms with Gasteiger partial charge in [-0.25, -0.2) is 4.79 Å². The summed E-state index contributed by atoms with van der Waals surface area (Å²) >= 11 is 0. The van der Waals surface area contributed by atoms with E-state index in [0.717, 1.165) is 6.08 Å². The molecule has 0 aromatic heterocycles. The molecule has 0 bridgehead atoms. The molecule has 1 unspecified atom stereocenters. The normalized spacial score (nSPS) is 27.7. The van der Waals surface area contributed by atoms with Gasteiger partial charge in [0.05, 0.1) is 12.1 Å². The highest BCUT2D eigenvalue weighted by Crippen LogP contribution is 2.09. The highest BCUT2D eigenvalue weighted by atomic mass is 16.4. The lowest BCUT2D eigenvalue weighted by molar-refractivity contribution is -0.133. The van der Waals surface area contributed by atoms with Gasteiger partial charge >= 0.3 is 5.97 Å². The van der Waals surface area contributed by atoms with Crippen LogP contribution in [0.3, 0.4) is 0 Å². The van der Waals surface area contributed by atoms with E-state index in [9.17, 15) is 14.7 Å². The number of nitrogens with one attached hydrogen (secondary N) is 1. The molecule has 5 heteroatoms. The predicted octanol–water partition coefficient (Wildman–Crippen LogP) is -0.691. The fraction of sp³-hybridized carbons (Fsp3) is 0.556. The molecule has 3 N–H and O–H groups in total. The molecule has 1 aliphatic rings. The Hall–Kier alpha value is -1.20. The van der Waals surface area contributed by atoms with E-state index in [1.165, 1.54) is 6.92 Å². The number of aliphatic carboxylic acids is 1. The minimum atomic E-state index is -1.12. The molecule has 0 aromatic rings. The standard InChI is InChI=1S/C9H13NO4/c1-5(9(13)14)4-7(12)8-6(11)2-3-10-8/h4,6,8,10-11H,2-3H2,1H3,(H,13,14)/t6?,8-/m0/s1. The van der Waals surface area contributed by atoms with Crippen LogP contribution in [0.4, 0.5) is 0 Å². The van der Waals surface area contributed by atoms with E-state index in [-0.39, 0.29) is 11.4 Å². The lowest BCUT2D eigenvalue weighted by Gasteiger charge is -2.10. The van der Waals surface area contributed by atoms with Gasteiger partial charge < -0.3 is 15.5 Å². The average Bonchev–Trinajstić information content (AvgIpc) is 2.51. The van der Waals surface area contributed by atoms with E-state index in [1.807, 2.05) is 0 Å². The van der Waals surface area contributed by atoms with Crippen LogP contribution in [0.2, 0.25) is 0 Å². The Morgan fingerprint density at radius 2 is 2.14 bits per heavy atom. The van der Waals surface area contributed by atoms with Crippen LogP contribution in [0, 0.1) is 0 Å². The smallest absolute Gasteiger partial charge is 0.331 e. The van der Waals surface area contributed by atoms with E-state index in [4.69, 9.17) is 5.11 Å². The molecule has 0 aromatic carbocycles. The van der Waals surface area contributed by atoms with Crippen LogP contribution in [-0.2, 0) is 9.59 Å². The maximum atomic E-state index is 11.4. The summed E-state index contributed by atoms with van der Waals surface area (Å²) < 4.78 is 0. The maximum Gasteiger partial charge on any atom is 0.331 e. The zero-order valence-electron chi connectivity index (χ0n) is 7.86. The Labute approximate surface area is 81.4 Å². The van der Waals surface area contributed by atoms with E-state index in [0.29, 0.717) is 13.0 Å². The van der Waals surface area contributed by atoms with Gasteiger partial charge in [0.15, 0.2) is 5.78 Å². The molecule has 1 aliphatic heterocycles. The van der Waals surface area contributed by atoms with E-state index in [1.54, 1.807) is 0 Å². The van der Waals surface area contributed by atoms with Crippen LogP contribution >= 0.6 is 0 Å². The molecule has 0 amide bonds. The number of carbonyl (C=O) groups excluding carboxylic acids is 1. The van der Waals surface area contributed by atoms with Crippen LogP contribution < -0.4 is 5.32 Å². The number of hydrogen-bond acceptors (Lipinski definition) is 4. The van der Waals surface area contributed by atoms with Crippen molar-refractivity contribution in [2.24, 2.45) is 0 Å². The fourth-order valence-corrected chi connectivity index (χ4v) is 1.34. The van der Waals surface area contributed by atoms with Crippen LogP contribution in [0.25, 0.3) is 0 Å². The Morgan fingerprint density at radius 1 is 1.50 bits per heavy atom. The van der Waals surface area contributed by atoms with E-state index < -0.39 is 18.1 Å². The number of carboxylic acids is 1. The third-order valence-electron chi connectivity index (χ3n) is 2.19. The topological polar surface area (TPSA) is 86.6 Å². The molecule has 78 valence electrons. The molecular formula is C9H13NO4. The van der Waals surface area contributed by atoms with Gasteiger partial charge in [-0.1, -0.05) is 0 Å². The highest BCUT2D eigenvalue weighted by molar-refractivity contribution is 6.01. The molecule has 5 nitrogen and oxygen atoms in total. The summed E-state index contributed by atoms with van der Waals surface area (Å²) in [7, 11) is 0. The molecule has 0 aliphatic carbocycles. The molecule has 0 spiro atoms. The monoisotopic (exact) mass is 199 g/mol. The van der Waals surface area contributed by atoms with Crippen molar-refractivity contribution in [3.05, 3.63) is 11.6 Å². The zero-order valence-corrected chi connectivity index (χ0v) is 7.86. The molecule has 1 rings (SSSR count). The van der Waals surface area contributed by atoms with E-state index in [2.05, 4.69) is 5.32 Å². The van der Waals surface area contributed by atoms with Crippen molar-refractivity contribution in [2.45, 2.75) is 25.5 Å². The van der Waals surface area contributed by atoms with Crippen molar-refractivity contribution < 1.29 is 19.8 Å². The Bertz CT molecular complexity index is 285. The molecule has 0 radical (unpaired) electrons. The Kier molecular flexibility index (Phi) is 3.38. The molecular weight excluding hydrogens is 186 g/mol. The molecule has 1 saturated heterocycles. The summed E-state index contributed by atoms with van der Waals surface area (Å²) in [6, 6.07) is -0.649. The van der Waals surface area contributed by atoms with Crippen LogP contribution in [0.1, 0.15) is 13.3 Å². The summed E-state index contributed by atoms with van der Waals surface area (Å²) in [6.07, 6.45) is 0.866. The van der Waals surface area contributed by atoms with Gasteiger partial charge in [0, 0.05) is 5.57 Å². The van der Waals surface area contributed by atoms with Crippen LogP contribution in [0.15, 0.2) is 11.6 Å². The molecule has 14 heavy (non-hydrogen) atoms. The van der Waals surface area contributed by atoms with E-state index >= 15 is 0 Å². The first-order valence-electron chi connectivity index (χ1n) is 4.39. The van der Waals surface area contributed by atoms with Gasteiger partial charge in [-0.05, 0) is 26.0 Å². The van der Waals surface area contributed by atoms with Crippen molar-refractivity contribution in [1.82, 2.24) is 5.32 Å². The van der Waals surface area contributed by atoms with Crippen LogP contribution in [0.5, 0.6) is 0 Å². The highest BCUT2D eigenvalue weighted by Gasteiger charge is 2.29. The van der Waals surface area contributed by atoms with Gasteiger partial charge in [0.2, 0.25) is 0 Å². The number of aliphatic hydroxyl groups is 1. The third-order valence-corrected chi connectivity index (χ3v) is 2.19. The second-order valence-corrected chi connectivity index (χ2v) is 3.32. The van der Waals surface area contributed by atoms with Gasteiger partial charge in [-0.15, -0.1) is 0 Å². The molecule has 1 fully saturated rings. The minimum Gasteiger partial charge on any atom is -0.478 e. The van der Waals surface area contributed by atoms with Gasteiger partial charge in [0.25, 0.3) is 0 Å². The van der Waals surface area contributed by atoms with Gasteiger partial charge in [0.1, 0.15) is 0 Å². The lowest BCUT2D eigenvalue weighted by atomic mass is 10.1. The second-order valence-electron chi connectivity index (χ2n) is 3.32. The fourth-order valence-electron chi connectivity index (χ4n) is 1.34. The summed E-state index contributed by atoms with van der Waals surface area (Å²) in [5.74, 6) is -1.50. The lowest BCUT2D eigenvalue weighted by Crippen LogP contribution is -2.37. The van der Waals surface area contributed by atoms with Gasteiger partial charge in [-0.3, -0.25) is 4.79 Å². The van der Waals surface area contributed by atoms with Crippen molar-refractivity contribution in [1.29, 1.82) is 0 Å². The predicted molar refractivity (Wildman–Crippen MR) is 48.8 cm³/mol. The number of carbonyl (C=O) groups is 2. The molecule has 1 heterocycles. The van der Waals surface area contributed by atoms with Crippen molar-refractivity contribution >= 4 is 11.8 Å². The first-order valence-corrected chi connectivity index (χ1v) is 4.39. The quantitative estimate of drug-likeness (QED) is 0.524. The largest absolute Gasteiger partial charge is 0.478 e.